The van der Waals surface area contributed by atoms with Crippen LogP contribution < -0.4 is 16.0 Å². The first-order chi connectivity index (χ1) is 19.3. The Bertz CT molecular complexity index is 1440. The van der Waals surface area contributed by atoms with Crippen molar-refractivity contribution in [2.24, 2.45) is 0 Å². The first kappa shape index (κ1) is 27.7. The van der Waals surface area contributed by atoms with E-state index in [2.05, 4.69) is 30.8 Å². The van der Waals surface area contributed by atoms with E-state index in [9.17, 15) is 19.2 Å². The lowest BCUT2D eigenvalue weighted by molar-refractivity contribution is -0.137. The summed E-state index contributed by atoms with van der Waals surface area (Å²) >= 11 is 7.11. The first-order valence-electron chi connectivity index (χ1n) is 12.8. The van der Waals surface area contributed by atoms with E-state index < -0.39 is 23.8 Å². The summed E-state index contributed by atoms with van der Waals surface area (Å²) in [4.78, 5) is 65.1. The number of hydrogen-bond acceptors (Lipinski definition) is 8. The molecule has 5 rings (SSSR count). The number of fused-ring (bicyclic) bond motifs is 2. The molecule has 13 heteroatoms. The summed E-state index contributed by atoms with van der Waals surface area (Å²) in [5, 5.41) is 8.25. The van der Waals surface area contributed by atoms with Crippen LogP contribution in [0, 0.1) is 0 Å². The molecule has 0 saturated carbocycles. The second-order valence-corrected chi connectivity index (χ2v) is 11.2. The SMILES string of the molecule is CN1CCc2nc(C(=O)NC(CNC(=O)C(=O)Nc3ccc(Cl)cn3)C(=O)N3CCc4ccccc4C3)sc2C1. The minimum Gasteiger partial charge on any atom is -0.345 e. The lowest BCUT2D eigenvalue weighted by Crippen LogP contribution is -2.55. The third-order valence-corrected chi connectivity index (χ3v) is 8.11. The average Bonchev–Trinajstić information content (AvgIpc) is 3.39. The molecule has 2 aliphatic rings. The van der Waals surface area contributed by atoms with Crippen LogP contribution in [0.3, 0.4) is 0 Å². The zero-order valence-electron chi connectivity index (χ0n) is 21.8. The van der Waals surface area contributed by atoms with Gasteiger partial charge in [0.2, 0.25) is 5.91 Å². The molecule has 0 fully saturated rings. The zero-order valence-corrected chi connectivity index (χ0v) is 23.3. The molecule has 1 aromatic carbocycles. The Kier molecular flexibility index (Phi) is 8.38. The number of amides is 4. The Labute approximate surface area is 239 Å². The van der Waals surface area contributed by atoms with Crippen molar-refractivity contribution in [1.82, 2.24) is 30.4 Å². The van der Waals surface area contributed by atoms with Crippen LogP contribution in [0.4, 0.5) is 5.82 Å². The van der Waals surface area contributed by atoms with Crippen molar-refractivity contribution in [3.63, 3.8) is 0 Å². The number of nitrogens with one attached hydrogen (secondary N) is 3. The molecule has 208 valence electrons. The number of anilines is 1. The molecular formula is C27H28ClN7O4S. The van der Waals surface area contributed by atoms with Crippen LogP contribution in [0.25, 0.3) is 0 Å². The number of aromatic nitrogens is 2. The van der Waals surface area contributed by atoms with Crippen LogP contribution in [0.2, 0.25) is 5.02 Å². The van der Waals surface area contributed by atoms with E-state index in [1.165, 1.54) is 35.2 Å². The molecule has 0 aliphatic carbocycles. The Morgan fingerprint density at radius 3 is 2.60 bits per heavy atom. The monoisotopic (exact) mass is 581 g/mol. The van der Waals surface area contributed by atoms with Crippen molar-refractivity contribution in [3.8, 4) is 0 Å². The highest BCUT2D eigenvalue weighted by atomic mass is 35.5. The quantitative estimate of drug-likeness (QED) is 0.376. The van der Waals surface area contributed by atoms with Crippen molar-refractivity contribution >= 4 is 52.4 Å². The maximum Gasteiger partial charge on any atom is 0.314 e. The molecule has 4 amide bonds. The molecular weight excluding hydrogens is 554 g/mol. The maximum atomic E-state index is 13.6. The zero-order chi connectivity index (χ0) is 28.2. The van der Waals surface area contributed by atoms with Gasteiger partial charge in [0.25, 0.3) is 5.91 Å². The molecule has 40 heavy (non-hydrogen) atoms. The highest BCUT2D eigenvalue weighted by molar-refractivity contribution is 7.13. The van der Waals surface area contributed by atoms with Crippen molar-refractivity contribution in [2.75, 3.05) is 32.0 Å². The fraction of sp³-hybridized carbons (Fsp3) is 0.333. The Balaban J connectivity index is 1.28. The van der Waals surface area contributed by atoms with Crippen LogP contribution in [0.5, 0.6) is 0 Å². The molecule has 11 nitrogen and oxygen atoms in total. The van der Waals surface area contributed by atoms with Crippen molar-refractivity contribution in [1.29, 1.82) is 0 Å². The summed E-state index contributed by atoms with van der Waals surface area (Å²) in [6.45, 7) is 2.14. The van der Waals surface area contributed by atoms with Gasteiger partial charge in [-0.3, -0.25) is 19.2 Å². The molecule has 0 saturated heterocycles. The molecule has 1 atom stereocenters. The average molecular weight is 582 g/mol. The van der Waals surface area contributed by atoms with E-state index in [4.69, 9.17) is 11.6 Å². The second-order valence-electron chi connectivity index (χ2n) is 9.71. The topological polar surface area (TPSA) is 137 Å². The highest BCUT2D eigenvalue weighted by Crippen LogP contribution is 2.25. The number of halogens is 1. The van der Waals surface area contributed by atoms with E-state index >= 15 is 0 Å². The Morgan fingerprint density at radius 2 is 1.82 bits per heavy atom. The number of hydrogen-bond donors (Lipinski definition) is 3. The van der Waals surface area contributed by atoms with Crippen LogP contribution in [-0.2, 0) is 40.3 Å². The van der Waals surface area contributed by atoms with Gasteiger partial charge in [0.1, 0.15) is 11.9 Å². The summed E-state index contributed by atoms with van der Waals surface area (Å²) in [7, 11) is 2.01. The molecule has 2 aromatic heterocycles. The third kappa shape index (κ3) is 6.46. The molecule has 3 aromatic rings. The Hall–Kier alpha value is -3.87. The molecule has 0 spiro atoms. The van der Waals surface area contributed by atoms with Crippen molar-refractivity contribution in [2.45, 2.75) is 32.0 Å². The minimum absolute atomic E-state index is 0.149. The number of carbonyl (C=O) groups excluding carboxylic acids is 4. The second kappa shape index (κ2) is 12.1. The number of likely N-dealkylation sites (N-methyl/N-ethyl adjacent to an activating group) is 1. The van der Waals surface area contributed by atoms with Gasteiger partial charge in [-0.05, 0) is 36.7 Å². The van der Waals surface area contributed by atoms with Gasteiger partial charge >= 0.3 is 11.8 Å². The molecule has 0 radical (unpaired) electrons. The van der Waals surface area contributed by atoms with Gasteiger partial charge in [0.05, 0.1) is 10.7 Å². The van der Waals surface area contributed by atoms with Gasteiger partial charge in [-0.15, -0.1) is 11.3 Å². The number of carbonyl (C=O) groups is 4. The van der Waals surface area contributed by atoms with Crippen LogP contribution in [0.15, 0.2) is 42.6 Å². The molecule has 4 heterocycles. The van der Waals surface area contributed by atoms with Gasteiger partial charge < -0.3 is 25.8 Å². The van der Waals surface area contributed by atoms with Crippen molar-refractivity contribution < 1.29 is 19.2 Å². The number of rotatable bonds is 6. The smallest absolute Gasteiger partial charge is 0.314 e. The van der Waals surface area contributed by atoms with E-state index in [0.29, 0.717) is 31.1 Å². The van der Waals surface area contributed by atoms with E-state index in [-0.39, 0.29) is 23.3 Å². The number of nitrogens with zero attached hydrogens (tertiary/aromatic N) is 4. The summed E-state index contributed by atoms with van der Waals surface area (Å²) in [6, 6.07) is 9.76. The fourth-order valence-corrected chi connectivity index (χ4v) is 5.85. The summed E-state index contributed by atoms with van der Waals surface area (Å²) in [5.74, 6) is -2.64. The number of pyridine rings is 1. The van der Waals surface area contributed by atoms with Gasteiger partial charge in [0.15, 0.2) is 5.01 Å². The van der Waals surface area contributed by atoms with Crippen LogP contribution in [-0.4, -0.2) is 76.1 Å². The minimum atomic E-state index is -1.10. The standard InChI is InChI=1S/C27H28ClN7O4S/c1-34-10-9-19-21(15-34)40-26(32-19)25(38)31-20(27(39)35-11-8-16-4-2-3-5-17(16)14-35)13-30-23(36)24(37)33-22-7-6-18(28)12-29-22/h2-7,12,20H,8-11,13-15H2,1H3,(H,30,36)(H,31,38)(H,29,33,37). The summed E-state index contributed by atoms with van der Waals surface area (Å²) < 4.78 is 0. The lowest BCUT2D eigenvalue weighted by atomic mass is 9.99. The first-order valence-corrected chi connectivity index (χ1v) is 14.0. The van der Waals surface area contributed by atoms with E-state index in [0.717, 1.165) is 29.1 Å². The molecule has 1 unspecified atom stereocenters. The normalized spacial score (nSPS) is 15.4. The maximum absolute atomic E-state index is 13.6. The van der Waals surface area contributed by atoms with Crippen LogP contribution >= 0.6 is 22.9 Å². The third-order valence-electron chi connectivity index (χ3n) is 6.80. The summed E-state index contributed by atoms with van der Waals surface area (Å²) in [5.41, 5.74) is 3.10. The lowest BCUT2D eigenvalue weighted by Gasteiger charge is -2.32. The molecule has 3 N–H and O–H groups in total. The van der Waals surface area contributed by atoms with Crippen LogP contribution in [0.1, 0.15) is 31.5 Å². The predicted molar refractivity (Wildman–Crippen MR) is 150 cm³/mol. The predicted octanol–water partition coefficient (Wildman–Crippen LogP) is 1.62. The van der Waals surface area contributed by atoms with Gasteiger partial charge in [-0.25, -0.2) is 9.97 Å². The summed E-state index contributed by atoms with van der Waals surface area (Å²) in [6.07, 6.45) is 2.77. The Morgan fingerprint density at radius 1 is 1.02 bits per heavy atom. The number of thiazole rings is 1. The fourth-order valence-electron chi connectivity index (χ4n) is 4.64. The van der Waals surface area contributed by atoms with Gasteiger partial charge in [-0.1, -0.05) is 35.9 Å². The molecule has 0 bridgehead atoms. The van der Waals surface area contributed by atoms with Gasteiger partial charge in [0, 0.05) is 50.2 Å². The van der Waals surface area contributed by atoms with E-state index in [1.54, 1.807) is 4.90 Å². The van der Waals surface area contributed by atoms with Crippen molar-refractivity contribution in [3.05, 3.63) is 74.3 Å². The molecule has 2 aliphatic heterocycles. The largest absolute Gasteiger partial charge is 0.345 e. The number of benzene rings is 1. The highest BCUT2D eigenvalue weighted by Gasteiger charge is 2.31. The van der Waals surface area contributed by atoms with Gasteiger partial charge in [-0.2, -0.15) is 0 Å². The van der Waals surface area contributed by atoms with E-state index in [1.807, 2.05) is 31.3 Å².